The molecular formula is C22H23N5O2. The molecule has 1 aromatic carbocycles. The van der Waals surface area contributed by atoms with E-state index >= 15 is 0 Å². The van der Waals surface area contributed by atoms with Gasteiger partial charge in [-0.05, 0) is 36.6 Å². The summed E-state index contributed by atoms with van der Waals surface area (Å²) in [6, 6.07) is 9.62. The van der Waals surface area contributed by atoms with Gasteiger partial charge in [-0.3, -0.25) is 14.8 Å². The van der Waals surface area contributed by atoms with Crippen LogP contribution in [0.25, 0.3) is 11.1 Å². The smallest absolute Gasteiger partial charge is 0.251 e. The SMILES string of the molecule is COc1cnccc1-c1ccc(C(=O)NC2CCN(c3cnccn3)CC2)cc1. The maximum atomic E-state index is 12.7. The Morgan fingerprint density at radius 1 is 1.03 bits per heavy atom. The van der Waals surface area contributed by atoms with Gasteiger partial charge in [-0.15, -0.1) is 0 Å². The van der Waals surface area contributed by atoms with Crippen LogP contribution in [0.2, 0.25) is 0 Å². The summed E-state index contributed by atoms with van der Waals surface area (Å²) in [5, 5.41) is 3.15. The maximum absolute atomic E-state index is 12.7. The highest BCUT2D eigenvalue weighted by molar-refractivity contribution is 5.95. The van der Waals surface area contributed by atoms with E-state index in [1.165, 1.54) is 0 Å². The van der Waals surface area contributed by atoms with Crippen molar-refractivity contribution in [3.8, 4) is 16.9 Å². The van der Waals surface area contributed by atoms with Gasteiger partial charge in [0.2, 0.25) is 0 Å². The first-order valence-electron chi connectivity index (χ1n) is 9.65. The summed E-state index contributed by atoms with van der Waals surface area (Å²) in [7, 11) is 1.62. The zero-order chi connectivity index (χ0) is 20.1. The molecule has 0 unspecified atom stereocenters. The number of hydrogen-bond acceptors (Lipinski definition) is 6. The van der Waals surface area contributed by atoms with Gasteiger partial charge >= 0.3 is 0 Å². The highest BCUT2D eigenvalue weighted by atomic mass is 16.5. The first-order valence-corrected chi connectivity index (χ1v) is 9.65. The first kappa shape index (κ1) is 18.9. The van der Waals surface area contributed by atoms with Crippen molar-refractivity contribution in [3.05, 3.63) is 66.9 Å². The summed E-state index contributed by atoms with van der Waals surface area (Å²) in [5.41, 5.74) is 2.59. The van der Waals surface area contributed by atoms with E-state index in [1.807, 2.05) is 30.3 Å². The number of ether oxygens (including phenoxy) is 1. The van der Waals surface area contributed by atoms with Gasteiger partial charge < -0.3 is 15.0 Å². The number of piperidine rings is 1. The molecule has 1 saturated heterocycles. The third-order valence-electron chi connectivity index (χ3n) is 5.17. The van der Waals surface area contributed by atoms with E-state index in [0.717, 1.165) is 42.9 Å². The molecule has 1 N–H and O–H groups in total. The minimum atomic E-state index is -0.0452. The number of methoxy groups -OCH3 is 1. The first-order chi connectivity index (χ1) is 14.2. The zero-order valence-electron chi connectivity index (χ0n) is 16.3. The van der Waals surface area contributed by atoms with E-state index < -0.39 is 0 Å². The number of amides is 1. The summed E-state index contributed by atoms with van der Waals surface area (Å²) in [6.07, 6.45) is 10.3. The standard InChI is InChI=1S/C22H23N5O2/c1-29-20-14-23-9-6-19(20)16-2-4-17(5-3-16)22(28)26-18-7-12-27(13-8-18)21-15-24-10-11-25-21/h2-6,9-11,14-15,18H,7-8,12-13H2,1H3,(H,26,28). The van der Waals surface area contributed by atoms with Crippen molar-refractivity contribution in [2.45, 2.75) is 18.9 Å². The molecule has 0 bridgehead atoms. The molecule has 4 rings (SSSR count). The summed E-state index contributed by atoms with van der Waals surface area (Å²) < 4.78 is 5.36. The van der Waals surface area contributed by atoms with Gasteiger partial charge in [-0.2, -0.15) is 0 Å². The monoisotopic (exact) mass is 389 g/mol. The Bertz CT molecular complexity index is 954. The lowest BCUT2D eigenvalue weighted by atomic mass is 10.0. The molecule has 3 aromatic rings. The number of nitrogens with zero attached hydrogens (tertiary/aromatic N) is 4. The van der Waals surface area contributed by atoms with Crippen LogP contribution in [-0.2, 0) is 0 Å². The number of anilines is 1. The molecule has 0 atom stereocenters. The van der Waals surface area contributed by atoms with Crippen LogP contribution in [0, 0.1) is 0 Å². The molecule has 1 aliphatic heterocycles. The van der Waals surface area contributed by atoms with Crippen LogP contribution in [0.1, 0.15) is 23.2 Å². The van der Waals surface area contributed by atoms with Gasteiger partial charge in [0.25, 0.3) is 5.91 Å². The molecule has 3 heterocycles. The van der Waals surface area contributed by atoms with Crippen LogP contribution in [0.15, 0.2) is 61.3 Å². The van der Waals surface area contributed by atoms with Crippen molar-refractivity contribution in [2.75, 3.05) is 25.1 Å². The molecule has 29 heavy (non-hydrogen) atoms. The third-order valence-corrected chi connectivity index (χ3v) is 5.17. The van der Waals surface area contributed by atoms with Gasteiger partial charge in [0, 0.05) is 48.8 Å². The predicted octanol–water partition coefficient (Wildman–Crippen LogP) is 2.95. The van der Waals surface area contributed by atoms with Crippen LogP contribution in [0.3, 0.4) is 0 Å². The molecule has 0 radical (unpaired) electrons. The normalized spacial score (nSPS) is 14.4. The van der Waals surface area contributed by atoms with Crippen LogP contribution in [0.4, 0.5) is 5.82 Å². The molecule has 7 heteroatoms. The fraction of sp³-hybridized carbons (Fsp3) is 0.273. The van der Waals surface area contributed by atoms with E-state index in [0.29, 0.717) is 11.3 Å². The fourth-order valence-corrected chi connectivity index (χ4v) is 3.56. The van der Waals surface area contributed by atoms with E-state index in [4.69, 9.17) is 4.74 Å². The lowest BCUT2D eigenvalue weighted by Crippen LogP contribution is -2.45. The second-order valence-electron chi connectivity index (χ2n) is 6.95. The lowest BCUT2D eigenvalue weighted by Gasteiger charge is -2.32. The topological polar surface area (TPSA) is 80.2 Å². The highest BCUT2D eigenvalue weighted by Gasteiger charge is 2.22. The Balaban J connectivity index is 1.36. The number of pyridine rings is 1. The van der Waals surface area contributed by atoms with Gasteiger partial charge in [0.1, 0.15) is 11.6 Å². The van der Waals surface area contributed by atoms with Crippen molar-refractivity contribution >= 4 is 11.7 Å². The van der Waals surface area contributed by atoms with Crippen molar-refractivity contribution in [1.29, 1.82) is 0 Å². The molecule has 2 aromatic heterocycles. The third kappa shape index (κ3) is 4.34. The minimum Gasteiger partial charge on any atom is -0.494 e. The zero-order valence-corrected chi connectivity index (χ0v) is 16.3. The molecule has 1 amide bonds. The number of aromatic nitrogens is 3. The molecule has 148 valence electrons. The Morgan fingerprint density at radius 3 is 2.48 bits per heavy atom. The van der Waals surface area contributed by atoms with Crippen molar-refractivity contribution < 1.29 is 9.53 Å². The molecule has 0 spiro atoms. The van der Waals surface area contributed by atoms with E-state index in [9.17, 15) is 4.79 Å². The van der Waals surface area contributed by atoms with Crippen LogP contribution in [-0.4, -0.2) is 47.1 Å². The number of carbonyl (C=O) groups excluding carboxylic acids is 1. The summed E-state index contributed by atoms with van der Waals surface area (Å²) >= 11 is 0. The maximum Gasteiger partial charge on any atom is 0.251 e. The molecule has 1 aliphatic rings. The van der Waals surface area contributed by atoms with E-state index in [2.05, 4.69) is 25.2 Å². The molecule has 1 fully saturated rings. The van der Waals surface area contributed by atoms with Gasteiger partial charge in [-0.25, -0.2) is 4.98 Å². The van der Waals surface area contributed by atoms with Gasteiger partial charge in [0.15, 0.2) is 0 Å². The molecule has 0 aliphatic carbocycles. The Hall–Kier alpha value is -3.48. The molecule has 0 saturated carbocycles. The van der Waals surface area contributed by atoms with E-state index in [1.54, 1.807) is 38.1 Å². The summed E-state index contributed by atoms with van der Waals surface area (Å²) in [5.74, 6) is 1.55. The quantitative estimate of drug-likeness (QED) is 0.723. The number of rotatable bonds is 5. The van der Waals surface area contributed by atoms with Crippen LogP contribution in [0.5, 0.6) is 5.75 Å². The average Bonchev–Trinajstić information content (AvgIpc) is 2.80. The number of carbonyl (C=O) groups is 1. The largest absolute Gasteiger partial charge is 0.494 e. The van der Waals surface area contributed by atoms with Crippen molar-refractivity contribution in [2.24, 2.45) is 0 Å². The van der Waals surface area contributed by atoms with Crippen LogP contribution >= 0.6 is 0 Å². The molecular weight excluding hydrogens is 366 g/mol. The summed E-state index contributed by atoms with van der Waals surface area (Å²) in [6.45, 7) is 1.70. The Kier molecular flexibility index (Phi) is 5.65. The average molecular weight is 389 g/mol. The highest BCUT2D eigenvalue weighted by Crippen LogP contribution is 2.28. The molecule has 7 nitrogen and oxygen atoms in total. The predicted molar refractivity (Wildman–Crippen MR) is 111 cm³/mol. The van der Waals surface area contributed by atoms with Gasteiger partial charge in [-0.1, -0.05) is 12.1 Å². The number of nitrogens with one attached hydrogen (secondary N) is 1. The van der Waals surface area contributed by atoms with Crippen molar-refractivity contribution in [1.82, 2.24) is 20.3 Å². The number of benzene rings is 1. The van der Waals surface area contributed by atoms with E-state index in [-0.39, 0.29) is 11.9 Å². The second-order valence-corrected chi connectivity index (χ2v) is 6.95. The van der Waals surface area contributed by atoms with Gasteiger partial charge in [0.05, 0.1) is 19.5 Å². The fourth-order valence-electron chi connectivity index (χ4n) is 3.56. The number of hydrogen-bond donors (Lipinski definition) is 1. The minimum absolute atomic E-state index is 0.0452. The Morgan fingerprint density at radius 2 is 1.79 bits per heavy atom. The van der Waals surface area contributed by atoms with Crippen LogP contribution < -0.4 is 15.0 Å². The summed E-state index contributed by atoms with van der Waals surface area (Å²) in [4.78, 5) is 27.4. The Labute approximate surface area is 169 Å². The lowest BCUT2D eigenvalue weighted by molar-refractivity contribution is 0.0931. The second kappa shape index (κ2) is 8.68. The van der Waals surface area contributed by atoms with Crippen molar-refractivity contribution in [3.63, 3.8) is 0 Å².